The lowest BCUT2D eigenvalue weighted by molar-refractivity contribution is 0.220. The highest BCUT2D eigenvalue weighted by Gasteiger charge is 2.27. The molecule has 0 saturated carbocycles. The molecule has 0 amide bonds. The molecule has 20 heavy (non-hydrogen) atoms. The average Bonchev–Trinajstić information content (AvgIpc) is 2.63. The molecule has 0 spiro atoms. The Morgan fingerprint density at radius 2 is 2.00 bits per heavy atom. The van der Waals surface area contributed by atoms with Gasteiger partial charge in [0.2, 0.25) is 0 Å². The molecule has 0 aromatic carbocycles. The van der Waals surface area contributed by atoms with Gasteiger partial charge in [-0.25, -0.2) is 9.97 Å². The smallest absolute Gasteiger partial charge is 0.134 e. The second-order valence-electron chi connectivity index (χ2n) is 6.80. The molecule has 1 aliphatic heterocycles. The van der Waals surface area contributed by atoms with Gasteiger partial charge in [-0.1, -0.05) is 39.3 Å². The summed E-state index contributed by atoms with van der Waals surface area (Å²) in [6.07, 6.45) is 4.59. The van der Waals surface area contributed by atoms with Crippen molar-refractivity contribution in [3.63, 3.8) is 0 Å². The van der Waals surface area contributed by atoms with Crippen LogP contribution in [0.5, 0.6) is 0 Å². The van der Waals surface area contributed by atoms with Crippen molar-refractivity contribution in [3.05, 3.63) is 17.0 Å². The van der Waals surface area contributed by atoms with Crippen molar-refractivity contribution in [2.24, 2.45) is 11.3 Å². The number of anilines is 1. The Morgan fingerprint density at radius 3 is 2.65 bits per heavy atom. The van der Waals surface area contributed by atoms with Gasteiger partial charge >= 0.3 is 0 Å². The molecule has 0 N–H and O–H groups in total. The van der Waals surface area contributed by atoms with Crippen LogP contribution in [0.25, 0.3) is 0 Å². The number of aromatic nitrogens is 2. The van der Waals surface area contributed by atoms with E-state index in [0.29, 0.717) is 10.6 Å². The molecule has 1 atom stereocenters. The van der Waals surface area contributed by atoms with Gasteiger partial charge in [-0.15, -0.1) is 0 Å². The lowest BCUT2D eigenvalue weighted by Gasteiger charge is -2.30. The molecule has 1 aromatic rings. The third-order valence-electron chi connectivity index (χ3n) is 4.32. The summed E-state index contributed by atoms with van der Waals surface area (Å²) in [5, 5.41) is 0.559. The van der Waals surface area contributed by atoms with E-state index in [0.717, 1.165) is 37.1 Å². The minimum absolute atomic E-state index is 0.397. The lowest BCUT2D eigenvalue weighted by Crippen LogP contribution is -2.27. The Balaban J connectivity index is 2.12. The van der Waals surface area contributed by atoms with Crippen molar-refractivity contribution < 1.29 is 0 Å². The molecule has 1 fully saturated rings. The highest BCUT2D eigenvalue weighted by atomic mass is 35.5. The Bertz CT molecular complexity index is 454. The number of halogens is 1. The van der Waals surface area contributed by atoms with E-state index in [1.807, 2.05) is 6.07 Å². The number of rotatable bonds is 2. The van der Waals surface area contributed by atoms with Crippen LogP contribution < -0.4 is 4.90 Å². The van der Waals surface area contributed by atoms with Crippen LogP contribution in [0, 0.1) is 11.3 Å². The first-order valence-corrected chi connectivity index (χ1v) is 8.06. The first-order valence-electron chi connectivity index (χ1n) is 7.68. The molecule has 112 valence electrons. The third-order valence-corrected chi connectivity index (χ3v) is 4.51. The molecule has 2 rings (SSSR count). The fraction of sp³-hybridized carbons (Fsp3) is 0.750. The van der Waals surface area contributed by atoms with Crippen LogP contribution in [0.2, 0.25) is 5.15 Å². The molecule has 0 radical (unpaired) electrons. The Hall–Kier alpha value is -0.830. The van der Waals surface area contributed by atoms with Gasteiger partial charge in [0.05, 0.1) is 0 Å². The second-order valence-corrected chi connectivity index (χ2v) is 7.19. The fourth-order valence-corrected chi connectivity index (χ4v) is 3.16. The summed E-state index contributed by atoms with van der Waals surface area (Å²) in [7, 11) is 0. The van der Waals surface area contributed by atoms with Crippen molar-refractivity contribution in [3.8, 4) is 0 Å². The van der Waals surface area contributed by atoms with Gasteiger partial charge in [-0.3, -0.25) is 0 Å². The quantitative estimate of drug-likeness (QED) is 0.760. The maximum atomic E-state index is 6.11. The summed E-state index contributed by atoms with van der Waals surface area (Å²) in [6.45, 7) is 11.3. The molecule has 1 saturated heterocycles. The summed E-state index contributed by atoms with van der Waals surface area (Å²) in [6, 6.07) is 1.90. The Morgan fingerprint density at radius 1 is 1.25 bits per heavy atom. The van der Waals surface area contributed by atoms with Gasteiger partial charge in [-0.2, -0.15) is 0 Å². The SMILES string of the molecule is CCc1nc(Cl)cc(N2CCCC(C(C)(C)C)CC2)n1. The highest BCUT2D eigenvalue weighted by Crippen LogP contribution is 2.35. The van der Waals surface area contributed by atoms with Gasteiger partial charge in [0.25, 0.3) is 0 Å². The van der Waals surface area contributed by atoms with E-state index in [2.05, 4.69) is 42.6 Å². The molecule has 3 nitrogen and oxygen atoms in total. The summed E-state index contributed by atoms with van der Waals surface area (Å²) < 4.78 is 0. The van der Waals surface area contributed by atoms with Crippen molar-refractivity contribution in [1.29, 1.82) is 0 Å². The Labute approximate surface area is 127 Å². The summed E-state index contributed by atoms with van der Waals surface area (Å²) >= 11 is 6.11. The monoisotopic (exact) mass is 295 g/mol. The van der Waals surface area contributed by atoms with Crippen LogP contribution >= 0.6 is 11.6 Å². The molecule has 1 unspecified atom stereocenters. The van der Waals surface area contributed by atoms with Crippen LogP contribution in [0.1, 0.15) is 52.8 Å². The largest absolute Gasteiger partial charge is 0.356 e. The maximum absolute atomic E-state index is 6.11. The van der Waals surface area contributed by atoms with Crippen LogP contribution in [-0.2, 0) is 6.42 Å². The van der Waals surface area contributed by atoms with Gasteiger partial charge in [0.15, 0.2) is 0 Å². The molecule has 2 heterocycles. The van der Waals surface area contributed by atoms with Gasteiger partial charge in [0, 0.05) is 25.6 Å². The summed E-state index contributed by atoms with van der Waals surface area (Å²) in [4.78, 5) is 11.3. The van der Waals surface area contributed by atoms with E-state index in [-0.39, 0.29) is 0 Å². The first-order chi connectivity index (χ1) is 9.40. The molecule has 4 heteroatoms. The standard InChI is InChI=1S/C16H26ClN3/c1-5-14-18-13(17)11-15(19-14)20-9-6-7-12(8-10-20)16(2,3)4/h11-12H,5-10H2,1-4H3. The molecule has 1 aromatic heterocycles. The lowest BCUT2D eigenvalue weighted by atomic mass is 9.77. The van der Waals surface area contributed by atoms with Crippen molar-refractivity contribution in [1.82, 2.24) is 9.97 Å². The van der Waals surface area contributed by atoms with E-state index in [1.165, 1.54) is 19.3 Å². The van der Waals surface area contributed by atoms with Crippen LogP contribution in [0.3, 0.4) is 0 Å². The molecule has 0 aliphatic carbocycles. The van der Waals surface area contributed by atoms with E-state index in [9.17, 15) is 0 Å². The highest BCUT2D eigenvalue weighted by molar-refractivity contribution is 6.29. The van der Waals surface area contributed by atoms with Crippen molar-refractivity contribution in [2.75, 3.05) is 18.0 Å². The van der Waals surface area contributed by atoms with Crippen molar-refractivity contribution >= 4 is 17.4 Å². The normalized spacial score (nSPS) is 20.9. The molecular formula is C16H26ClN3. The third kappa shape index (κ3) is 3.85. The summed E-state index contributed by atoms with van der Waals surface area (Å²) in [5.41, 5.74) is 0.397. The van der Waals surface area contributed by atoms with E-state index in [1.54, 1.807) is 0 Å². The Kier molecular flexibility index (Phi) is 4.90. The molecule has 1 aliphatic rings. The fourth-order valence-electron chi connectivity index (χ4n) is 2.96. The van der Waals surface area contributed by atoms with Gasteiger partial charge in [0.1, 0.15) is 16.8 Å². The van der Waals surface area contributed by atoms with E-state index >= 15 is 0 Å². The number of aryl methyl sites for hydroxylation is 1. The minimum Gasteiger partial charge on any atom is -0.356 e. The summed E-state index contributed by atoms with van der Waals surface area (Å²) in [5.74, 6) is 2.62. The van der Waals surface area contributed by atoms with Crippen LogP contribution in [-0.4, -0.2) is 23.1 Å². The molecule has 0 bridgehead atoms. The topological polar surface area (TPSA) is 29.0 Å². The zero-order chi connectivity index (χ0) is 14.8. The van der Waals surface area contributed by atoms with Crippen molar-refractivity contribution in [2.45, 2.75) is 53.4 Å². The van der Waals surface area contributed by atoms with Crippen LogP contribution in [0.15, 0.2) is 6.07 Å². The second kappa shape index (κ2) is 6.30. The van der Waals surface area contributed by atoms with Crippen LogP contribution in [0.4, 0.5) is 5.82 Å². The van der Waals surface area contributed by atoms with E-state index in [4.69, 9.17) is 11.6 Å². The average molecular weight is 296 g/mol. The van der Waals surface area contributed by atoms with Gasteiger partial charge < -0.3 is 4.90 Å². The predicted octanol–water partition coefficient (Wildman–Crippen LogP) is 4.35. The maximum Gasteiger partial charge on any atom is 0.134 e. The zero-order valence-corrected chi connectivity index (χ0v) is 13.9. The zero-order valence-electron chi connectivity index (χ0n) is 13.1. The van der Waals surface area contributed by atoms with E-state index < -0.39 is 0 Å². The van der Waals surface area contributed by atoms with Gasteiger partial charge in [-0.05, 0) is 30.6 Å². The first kappa shape index (κ1) is 15.6. The number of hydrogen-bond donors (Lipinski definition) is 0. The minimum atomic E-state index is 0.397. The number of nitrogens with zero attached hydrogens (tertiary/aromatic N) is 3. The number of hydrogen-bond acceptors (Lipinski definition) is 3. The molecular weight excluding hydrogens is 270 g/mol. The predicted molar refractivity (Wildman–Crippen MR) is 85.4 cm³/mol.